The lowest BCUT2D eigenvalue weighted by Crippen LogP contribution is -2.47. The van der Waals surface area contributed by atoms with Crippen LogP contribution in [-0.2, 0) is 17.7 Å². The van der Waals surface area contributed by atoms with E-state index < -0.39 is 5.97 Å². The fourth-order valence-corrected chi connectivity index (χ4v) is 7.08. The van der Waals surface area contributed by atoms with E-state index in [1.165, 1.54) is 7.11 Å². The van der Waals surface area contributed by atoms with Gasteiger partial charge >= 0.3 is 5.97 Å². The summed E-state index contributed by atoms with van der Waals surface area (Å²) in [5.41, 5.74) is 10.1. The van der Waals surface area contributed by atoms with E-state index in [0.717, 1.165) is 60.1 Å². The van der Waals surface area contributed by atoms with Crippen molar-refractivity contribution < 1.29 is 23.9 Å². The molecule has 0 radical (unpaired) electrons. The summed E-state index contributed by atoms with van der Waals surface area (Å²) < 4.78 is 11.3. The second-order valence-corrected chi connectivity index (χ2v) is 12.7. The third-order valence-corrected chi connectivity index (χ3v) is 9.59. The highest BCUT2D eigenvalue weighted by Gasteiger charge is 2.31. The number of amides is 2. The Morgan fingerprint density at radius 3 is 2.49 bits per heavy atom. The van der Waals surface area contributed by atoms with Gasteiger partial charge in [0, 0.05) is 51.3 Å². The molecule has 10 heteroatoms. The number of hydrogen-bond acceptors (Lipinski definition) is 8. The number of rotatable bonds is 7. The van der Waals surface area contributed by atoms with Gasteiger partial charge in [0.15, 0.2) is 5.69 Å². The highest BCUT2D eigenvalue weighted by Crippen LogP contribution is 2.43. The summed E-state index contributed by atoms with van der Waals surface area (Å²) in [6.07, 6.45) is 5.75. The average molecular weight is 625 g/mol. The molecule has 3 heterocycles. The summed E-state index contributed by atoms with van der Waals surface area (Å²) in [4.78, 5) is 46.1. The van der Waals surface area contributed by atoms with Crippen molar-refractivity contribution in [1.29, 1.82) is 0 Å². The highest BCUT2D eigenvalue weighted by molar-refractivity contribution is 7.13. The van der Waals surface area contributed by atoms with E-state index >= 15 is 0 Å². The van der Waals surface area contributed by atoms with E-state index in [4.69, 9.17) is 15.2 Å². The second kappa shape index (κ2) is 12.8. The SMILES string of the molecule is COC(=O)c1nc(C(=O)NC2(C)CCCCC2)ccc1-c1cc2c(cc1C(=O)Nc1ccc(CN)cc1)-c1sccc1CCO2. The first kappa shape index (κ1) is 30.5. The molecule has 232 valence electrons. The Morgan fingerprint density at radius 2 is 1.76 bits per heavy atom. The van der Waals surface area contributed by atoms with Crippen LogP contribution in [0.2, 0.25) is 0 Å². The van der Waals surface area contributed by atoms with Gasteiger partial charge in [0.05, 0.1) is 13.7 Å². The van der Waals surface area contributed by atoms with Crippen molar-refractivity contribution in [2.75, 3.05) is 19.0 Å². The number of esters is 1. The number of nitrogens with two attached hydrogens (primary N) is 1. The molecular weight excluding hydrogens is 588 g/mol. The molecule has 2 amide bonds. The van der Waals surface area contributed by atoms with Crippen LogP contribution in [0, 0.1) is 0 Å². The van der Waals surface area contributed by atoms with Gasteiger partial charge < -0.3 is 25.8 Å². The van der Waals surface area contributed by atoms with Gasteiger partial charge in [0.25, 0.3) is 11.8 Å². The van der Waals surface area contributed by atoms with Crippen LogP contribution in [0.5, 0.6) is 5.75 Å². The number of carbonyl (C=O) groups is 3. The number of benzene rings is 2. The maximum absolute atomic E-state index is 14.0. The zero-order chi connectivity index (χ0) is 31.6. The Hall–Kier alpha value is -4.54. The van der Waals surface area contributed by atoms with Gasteiger partial charge in [-0.1, -0.05) is 31.4 Å². The standard InChI is InChI=1S/C35H36N4O5S/c1-35(14-4-3-5-15-35)39-33(41)28-11-10-24(30(38-28)34(42)43-2)25-19-29-27(31-22(12-16-44-29)13-17-45-31)18-26(25)32(40)37-23-8-6-21(20-36)7-9-23/h6-11,13,17-19H,3-5,12,14-16,20,36H2,1-2H3,(H,37,40)(H,39,41). The molecule has 9 nitrogen and oxygen atoms in total. The Kier molecular flexibility index (Phi) is 8.69. The van der Waals surface area contributed by atoms with Crippen LogP contribution < -0.4 is 21.1 Å². The lowest BCUT2D eigenvalue weighted by molar-refractivity contribution is 0.0594. The van der Waals surface area contributed by atoms with Crippen molar-refractivity contribution in [3.05, 3.63) is 88.1 Å². The Balaban J connectivity index is 1.45. The molecule has 1 aliphatic carbocycles. The summed E-state index contributed by atoms with van der Waals surface area (Å²) in [5, 5.41) is 8.15. The smallest absolute Gasteiger partial charge is 0.357 e. The summed E-state index contributed by atoms with van der Waals surface area (Å²) in [7, 11) is 1.26. The average Bonchev–Trinajstić information content (AvgIpc) is 3.45. The maximum Gasteiger partial charge on any atom is 0.357 e. The minimum absolute atomic E-state index is 0.0642. The van der Waals surface area contributed by atoms with Gasteiger partial charge in [-0.25, -0.2) is 9.78 Å². The monoisotopic (exact) mass is 624 g/mol. The number of aromatic nitrogens is 1. The largest absolute Gasteiger partial charge is 0.493 e. The molecule has 2 aromatic carbocycles. The van der Waals surface area contributed by atoms with Crippen LogP contribution in [0.15, 0.2) is 60.0 Å². The number of fused-ring (bicyclic) bond motifs is 3. The maximum atomic E-state index is 14.0. The molecule has 0 saturated heterocycles. The van der Waals surface area contributed by atoms with Gasteiger partial charge in [0.1, 0.15) is 11.4 Å². The van der Waals surface area contributed by atoms with E-state index in [-0.39, 0.29) is 28.7 Å². The van der Waals surface area contributed by atoms with Gasteiger partial charge in [-0.3, -0.25) is 9.59 Å². The number of carbonyl (C=O) groups excluding carboxylic acids is 3. The molecule has 6 rings (SSSR count). The fourth-order valence-electron chi connectivity index (χ4n) is 6.10. The lowest BCUT2D eigenvalue weighted by Gasteiger charge is -2.34. The topological polar surface area (TPSA) is 133 Å². The molecule has 0 atom stereocenters. The third kappa shape index (κ3) is 6.34. The number of thiophene rings is 1. The van der Waals surface area contributed by atoms with E-state index in [9.17, 15) is 14.4 Å². The molecule has 1 fully saturated rings. The number of ether oxygens (including phenoxy) is 2. The predicted molar refractivity (Wildman–Crippen MR) is 175 cm³/mol. The molecule has 0 unspecified atom stereocenters. The molecule has 1 aliphatic heterocycles. The minimum Gasteiger partial charge on any atom is -0.493 e. The van der Waals surface area contributed by atoms with Crippen molar-refractivity contribution >= 4 is 34.8 Å². The highest BCUT2D eigenvalue weighted by atomic mass is 32.1. The predicted octanol–water partition coefficient (Wildman–Crippen LogP) is 6.36. The van der Waals surface area contributed by atoms with E-state index in [1.807, 2.05) is 24.4 Å². The quantitative estimate of drug-likeness (QED) is 0.204. The molecule has 0 bridgehead atoms. The summed E-state index contributed by atoms with van der Waals surface area (Å²) in [6.45, 7) is 2.90. The number of anilines is 1. The van der Waals surface area contributed by atoms with Crippen molar-refractivity contribution in [2.24, 2.45) is 5.73 Å². The van der Waals surface area contributed by atoms with Crippen LogP contribution in [0.4, 0.5) is 5.69 Å². The zero-order valence-corrected chi connectivity index (χ0v) is 26.2. The van der Waals surface area contributed by atoms with E-state index in [1.54, 1.807) is 47.7 Å². The van der Waals surface area contributed by atoms with Crippen molar-refractivity contribution in [1.82, 2.24) is 10.3 Å². The number of nitrogens with one attached hydrogen (secondary N) is 2. The van der Waals surface area contributed by atoms with Crippen LogP contribution in [-0.4, -0.2) is 42.0 Å². The molecule has 0 spiro atoms. The van der Waals surface area contributed by atoms with E-state index in [0.29, 0.717) is 41.3 Å². The number of methoxy groups -OCH3 is 1. The van der Waals surface area contributed by atoms with Crippen LogP contribution in [0.3, 0.4) is 0 Å². The first-order valence-electron chi connectivity index (χ1n) is 15.2. The first-order valence-corrected chi connectivity index (χ1v) is 16.1. The van der Waals surface area contributed by atoms with Gasteiger partial charge in [0.2, 0.25) is 0 Å². The number of pyridine rings is 1. The first-order chi connectivity index (χ1) is 21.8. The fraction of sp³-hybridized carbons (Fsp3) is 0.314. The van der Waals surface area contributed by atoms with Crippen molar-refractivity contribution in [3.63, 3.8) is 0 Å². The van der Waals surface area contributed by atoms with Crippen molar-refractivity contribution in [2.45, 2.75) is 57.5 Å². The van der Waals surface area contributed by atoms with Crippen LogP contribution in [0.1, 0.15) is 81.5 Å². The Labute approximate surface area is 266 Å². The Bertz CT molecular complexity index is 1760. The normalized spacial score (nSPS) is 15.1. The summed E-state index contributed by atoms with van der Waals surface area (Å²) in [5.74, 6) is -0.856. The summed E-state index contributed by atoms with van der Waals surface area (Å²) in [6, 6.07) is 16.2. The van der Waals surface area contributed by atoms with Crippen LogP contribution >= 0.6 is 11.3 Å². The minimum atomic E-state index is -0.719. The summed E-state index contributed by atoms with van der Waals surface area (Å²) >= 11 is 1.59. The molecule has 2 aliphatic rings. The zero-order valence-electron chi connectivity index (χ0n) is 25.4. The molecule has 45 heavy (non-hydrogen) atoms. The number of nitrogens with zero attached hydrogens (tertiary/aromatic N) is 1. The lowest BCUT2D eigenvalue weighted by atomic mass is 9.83. The second-order valence-electron chi connectivity index (χ2n) is 11.8. The van der Waals surface area contributed by atoms with Gasteiger partial charge in [-0.2, -0.15) is 0 Å². The Morgan fingerprint density at radius 1 is 0.978 bits per heavy atom. The molecule has 2 aromatic heterocycles. The molecule has 1 saturated carbocycles. The van der Waals surface area contributed by atoms with Crippen molar-refractivity contribution in [3.8, 4) is 27.3 Å². The molecule has 4 N–H and O–H groups in total. The van der Waals surface area contributed by atoms with Gasteiger partial charge in [-0.05, 0) is 78.7 Å². The van der Waals surface area contributed by atoms with Crippen LogP contribution in [0.25, 0.3) is 21.6 Å². The molecule has 4 aromatic rings. The number of hydrogen-bond donors (Lipinski definition) is 3. The van der Waals surface area contributed by atoms with Gasteiger partial charge in [-0.15, -0.1) is 11.3 Å². The van der Waals surface area contributed by atoms with E-state index in [2.05, 4.69) is 21.7 Å². The third-order valence-electron chi connectivity index (χ3n) is 8.60. The molecular formula is C35H36N4O5S.